The Morgan fingerprint density at radius 1 is 0.952 bits per heavy atom. The number of benzene rings is 2. The highest BCUT2D eigenvalue weighted by Gasteiger charge is 2.14. The minimum Gasteiger partial charge on any atom is -0.278 e. The first kappa shape index (κ1) is 11.9. The van der Waals surface area contributed by atoms with E-state index in [-0.39, 0.29) is 0 Å². The number of aryl methyl sites for hydroxylation is 1. The molecule has 4 heteroatoms. The Labute approximate surface area is 122 Å². The predicted octanol–water partition coefficient (Wildman–Crippen LogP) is 3.52. The van der Waals surface area contributed by atoms with E-state index in [1.807, 2.05) is 29.0 Å². The molecule has 102 valence electrons. The molecule has 0 saturated carbocycles. The van der Waals surface area contributed by atoms with Crippen LogP contribution in [0.15, 0.2) is 67.3 Å². The van der Waals surface area contributed by atoms with Crippen molar-refractivity contribution in [3.05, 3.63) is 72.8 Å². The number of fused-ring (bicyclic) bond motifs is 1. The monoisotopic (exact) mass is 274 g/mol. The average molecular weight is 274 g/mol. The van der Waals surface area contributed by atoms with Gasteiger partial charge in [-0.05, 0) is 30.7 Å². The van der Waals surface area contributed by atoms with Gasteiger partial charge in [0.1, 0.15) is 6.33 Å². The van der Waals surface area contributed by atoms with Crippen molar-refractivity contribution in [2.75, 3.05) is 0 Å². The van der Waals surface area contributed by atoms with Crippen LogP contribution in [0.3, 0.4) is 0 Å². The molecule has 0 saturated heterocycles. The molecule has 2 heterocycles. The van der Waals surface area contributed by atoms with Crippen molar-refractivity contribution in [3.8, 4) is 11.6 Å². The van der Waals surface area contributed by atoms with E-state index < -0.39 is 0 Å². The van der Waals surface area contributed by atoms with Gasteiger partial charge in [-0.2, -0.15) is 0 Å². The van der Waals surface area contributed by atoms with Crippen LogP contribution in [-0.4, -0.2) is 19.1 Å². The van der Waals surface area contributed by atoms with Crippen molar-refractivity contribution in [1.29, 1.82) is 0 Å². The maximum absolute atomic E-state index is 4.82. The molecule has 0 aliphatic heterocycles. The van der Waals surface area contributed by atoms with Gasteiger partial charge in [0.2, 0.25) is 5.95 Å². The Balaban J connectivity index is 2.11. The van der Waals surface area contributed by atoms with E-state index in [2.05, 4.69) is 46.8 Å². The lowest BCUT2D eigenvalue weighted by Crippen LogP contribution is -2.03. The molecule has 0 unspecified atom stereocenters. The molecule has 0 spiro atoms. The molecule has 21 heavy (non-hydrogen) atoms. The fraction of sp³-hybridized carbons (Fsp3) is 0.0588. The van der Waals surface area contributed by atoms with Crippen LogP contribution in [0.4, 0.5) is 0 Å². The maximum Gasteiger partial charge on any atom is 0.220 e. The smallest absolute Gasteiger partial charge is 0.220 e. The normalized spacial score (nSPS) is 11.1. The van der Waals surface area contributed by atoms with Crippen LogP contribution in [0.25, 0.3) is 22.7 Å². The molecule has 4 aromatic rings. The fourth-order valence-corrected chi connectivity index (χ4v) is 2.61. The van der Waals surface area contributed by atoms with Crippen LogP contribution < -0.4 is 0 Å². The number of hydrogen-bond acceptors (Lipinski definition) is 2. The topological polar surface area (TPSA) is 35.6 Å². The summed E-state index contributed by atoms with van der Waals surface area (Å²) in [7, 11) is 0. The van der Waals surface area contributed by atoms with Crippen molar-refractivity contribution < 1.29 is 0 Å². The van der Waals surface area contributed by atoms with E-state index in [0.717, 1.165) is 22.7 Å². The third-order valence-electron chi connectivity index (χ3n) is 3.62. The maximum atomic E-state index is 4.82. The van der Waals surface area contributed by atoms with Gasteiger partial charge in [0, 0.05) is 18.1 Å². The summed E-state index contributed by atoms with van der Waals surface area (Å²) in [4.78, 5) is 8.95. The number of hydrogen-bond donors (Lipinski definition) is 0. The second kappa shape index (κ2) is 4.59. The minimum atomic E-state index is 0.850. The van der Waals surface area contributed by atoms with E-state index in [1.54, 1.807) is 12.5 Å². The van der Waals surface area contributed by atoms with Crippen LogP contribution in [0, 0.1) is 6.92 Å². The Hall–Kier alpha value is -2.88. The van der Waals surface area contributed by atoms with E-state index >= 15 is 0 Å². The number of nitrogens with zero attached hydrogens (tertiary/aromatic N) is 4. The summed E-state index contributed by atoms with van der Waals surface area (Å²) < 4.78 is 4.09. The zero-order valence-electron chi connectivity index (χ0n) is 11.6. The molecule has 0 bridgehead atoms. The predicted molar refractivity (Wildman–Crippen MR) is 82.9 cm³/mol. The molecule has 0 N–H and O–H groups in total. The largest absolute Gasteiger partial charge is 0.278 e. The highest BCUT2D eigenvalue weighted by Crippen LogP contribution is 2.25. The lowest BCUT2D eigenvalue weighted by atomic mass is 10.2. The third-order valence-corrected chi connectivity index (χ3v) is 3.62. The third kappa shape index (κ3) is 1.84. The molecule has 0 aliphatic carbocycles. The van der Waals surface area contributed by atoms with E-state index in [4.69, 9.17) is 4.98 Å². The zero-order chi connectivity index (χ0) is 14.2. The Morgan fingerprint density at radius 3 is 2.57 bits per heavy atom. The molecule has 4 nitrogen and oxygen atoms in total. The van der Waals surface area contributed by atoms with Crippen molar-refractivity contribution in [3.63, 3.8) is 0 Å². The number of aromatic nitrogens is 4. The van der Waals surface area contributed by atoms with Crippen molar-refractivity contribution in [2.24, 2.45) is 0 Å². The van der Waals surface area contributed by atoms with Crippen molar-refractivity contribution in [2.45, 2.75) is 6.92 Å². The summed E-state index contributed by atoms with van der Waals surface area (Å²) in [5, 5.41) is 0. The van der Waals surface area contributed by atoms with Gasteiger partial charge < -0.3 is 0 Å². The lowest BCUT2D eigenvalue weighted by Gasteiger charge is -2.09. The number of para-hydroxylation sites is 2. The first-order chi connectivity index (χ1) is 10.3. The standard InChI is InChI=1S/C17H14N4/c1-13-6-5-9-15-16(13)19-17(20-11-10-18-12-20)21(15)14-7-3-2-4-8-14/h2-12H,1H3. The average Bonchev–Trinajstić information content (AvgIpc) is 3.16. The second-order valence-electron chi connectivity index (χ2n) is 5.00. The van der Waals surface area contributed by atoms with Crippen LogP contribution in [0.2, 0.25) is 0 Å². The Bertz CT molecular complexity index is 889. The molecule has 0 fully saturated rings. The SMILES string of the molecule is Cc1cccc2c1nc(-n1ccnc1)n2-c1ccccc1. The molecule has 0 aliphatic rings. The van der Waals surface area contributed by atoms with Crippen molar-refractivity contribution >= 4 is 11.0 Å². The van der Waals surface area contributed by atoms with Crippen LogP contribution in [0.1, 0.15) is 5.56 Å². The Morgan fingerprint density at radius 2 is 1.81 bits per heavy atom. The summed E-state index contributed by atoms with van der Waals surface area (Å²) in [6.07, 6.45) is 5.45. The van der Waals surface area contributed by atoms with Gasteiger partial charge in [0.15, 0.2) is 0 Å². The molecular formula is C17H14N4. The van der Waals surface area contributed by atoms with Gasteiger partial charge in [0.05, 0.1) is 11.0 Å². The molecule has 4 rings (SSSR count). The highest BCUT2D eigenvalue weighted by molar-refractivity contribution is 5.82. The van der Waals surface area contributed by atoms with Crippen LogP contribution in [0.5, 0.6) is 0 Å². The van der Waals surface area contributed by atoms with Gasteiger partial charge >= 0.3 is 0 Å². The summed E-state index contributed by atoms with van der Waals surface area (Å²) in [6.45, 7) is 2.09. The molecule has 0 atom stereocenters. The molecular weight excluding hydrogens is 260 g/mol. The lowest BCUT2D eigenvalue weighted by molar-refractivity contribution is 0.902. The number of rotatable bonds is 2. The van der Waals surface area contributed by atoms with Crippen molar-refractivity contribution in [1.82, 2.24) is 19.1 Å². The van der Waals surface area contributed by atoms with Crippen LogP contribution in [-0.2, 0) is 0 Å². The molecule has 0 radical (unpaired) electrons. The quantitative estimate of drug-likeness (QED) is 0.560. The first-order valence-electron chi connectivity index (χ1n) is 6.86. The minimum absolute atomic E-state index is 0.850. The molecule has 0 amide bonds. The summed E-state index contributed by atoms with van der Waals surface area (Å²) in [5.41, 5.74) is 4.38. The fourth-order valence-electron chi connectivity index (χ4n) is 2.61. The summed E-state index contributed by atoms with van der Waals surface area (Å²) >= 11 is 0. The Kier molecular flexibility index (Phi) is 2.60. The van der Waals surface area contributed by atoms with E-state index in [1.165, 1.54) is 5.56 Å². The van der Waals surface area contributed by atoms with Crippen LogP contribution >= 0.6 is 0 Å². The van der Waals surface area contributed by atoms with E-state index in [9.17, 15) is 0 Å². The second-order valence-corrected chi connectivity index (χ2v) is 5.00. The first-order valence-corrected chi connectivity index (χ1v) is 6.86. The van der Waals surface area contributed by atoms with Gasteiger partial charge in [0.25, 0.3) is 0 Å². The van der Waals surface area contributed by atoms with Gasteiger partial charge in [-0.3, -0.25) is 9.13 Å². The summed E-state index contributed by atoms with van der Waals surface area (Å²) in [6, 6.07) is 16.5. The highest BCUT2D eigenvalue weighted by atomic mass is 15.3. The molecule has 2 aromatic heterocycles. The van der Waals surface area contributed by atoms with Gasteiger partial charge in [-0.25, -0.2) is 9.97 Å². The zero-order valence-corrected chi connectivity index (χ0v) is 11.6. The number of imidazole rings is 2. The van der Waals surface area contributed by atoms with E-state index in [0.29, 0.717) is 0 Å². The molecule has 2 aromatic carbocycles. The summed E-state index contributed by atoms with van der Waals surface area (Å²) in [5.74, 6) is 0.850. The van der Waals surface area contributed by atoms with Gasteiger partial charge in [-0.15, -0.1) is 0 Å². The van der Waals surface area contributed by atoms with Gasteiger partial charge in [-0.1, -0.05) is 30.3 Å².